The van der Waals surface area contributed by atoms with Crippen molar-refractivity contribution in [3.05, 3.63) is 63.2 Å². The van der Waals surface area contributed by atoms with Gasteiger partial charge in [0, 0.05) is 18.2 Å². The average molecular weight is 582 g/mol. The van der Waals surface area contributed by atoms with Crippen LogP contribution in [0.15, 0.2) is 54.1 Å². The van der Waals surface area contributed by atoms with Crippen molar-refractivity contribution < 1.29 is 29.2 Å². The molecular formula is C25H31IN2O6. The van der Waals surface area contributed by atoms with Gasteiger partial charge in [-0.05, 0) is 83.9 Å². The Morgan fingerprint density at radius 3 is 2.62 bits per heavy atom. The Balaban J connectivity index is 1.74. The molecule has 3 rings (SSSR count). The summed E-state index contributed by atoms with van der Waals surface area (Å²) in [6, 6.07) is 12.8. The lowest BCUT2D eigenvalue weighted by Crippen LogP contribution is -2.52. The second kappa shape index (κ2) is 12.9. The molecule has 0 saturated carbocycles. The number of nitrogens with one attached hydrogen (secondary N) is 2. The highest BCUT2D eigenvalue weighted by molar-refractivity contribution is 14.1. The van der Waals surface area contributed by atoms with Crippen LogP contribution in [0.1, 0.15) is 12.0 Å². The summed E-state index contributed by atoms with van der Waals surface area (Å²) in [6.45, 7) is 0.564. The molecule has 1 aliphatic rings. The molecular weight excluding hydrogens is 551 g/mol. The molecule has 0 aliphatic heterocycles. The molecule has 184 valence electrons. The van der Waals surface area contributed by atoms with Crippen molar-refractivity contribution in [2.45, 2.75) is 31.1 Å². The predicted molar refractivity (Wildman–Crippen MR) is 137 cm³/mol. The molecule has 34 heavy (non-hydrogen) atoms. The fourth-order valence-corrected chi connectivity index (χ4v) is 4.37. The van der Waals surface area contributed by atoms with Gasteiger partial charge in [0.1, 0.15) is 29.5 Å². The monoisotopic (exact) mass is 582 g/mol. The molecule has 4 N–H and O–H groups in total. The van der Waals surface area contributed by atoms with Crippen molar-refractivity contribution in [3.63, 3.8) is 0 Å². The lowest BCUT2D eigenvalue weighted by atomic mass is 9.89. The van der Waals surface area contributed by atoms with E-state index < -0.39 is 18.2 Å². The van der Waals surface area contributed by atoms with E-state index in [1.807, 2.05) is 42.5 Å². The molecule has 2 aromatic carbocycles. The zero-order chi connectivity index (χ0) is 24.5. The highest BCUT2D eigenvalue weighted by Gasteiger charge is 2.35. The Morgan fingerprint density at radius 1 is 1.12 bits per heavy atom. The van der Waals surface area contributed by atoms with Gasteiger partial charge in [0.05, 0.1) is 24.4 Å². The maximum atomic E-state index is 12.6. The minimum atomic E-state index is -0.863. The molecule has 9 heteroatoms. The number of halogens is 1. The number of aliphatic hydroxyl groups excluding tert-OH is 2. The number of rotatable bonds is 11. The van der Waals surface area contributed by atoms with Crippen LogP contribution in [0, 0.1) is 3.57 Å². The van der Waals surface area contributed by atoms with E-state index in [9.17, 15) is 9.90 Å². The summed E-state index contributed by atoms with van der Waals surface area (Å²) in [5, 5.41) is 26.2. The molecule has 0 heterocycles. The number of hydrogen-bond donors (Lipinski definition) is 4. The first-order chi connectivity index (χ1) is 16.5. The smallest absolute Gasteiger partial charge is 0.247 e. The number of hydrogen-bond acceptors (Lipinski definition) is 7. The first-order valence-corrected chi connectivity index (χ1v) is 12.2. The van der Waals surface area contributed by atoms with Gasteiger partial charge < -0.3 is 35.1 Å². The van der Waals surface area contributed by atoms with E-state index in [4.69, 9.17) is 19.3 Å². The van der Waals surface area contributed by atoms with E-state index in [-0.39, 0.29) is 19.1 Å². The third-order valence-electron chi connectivity index (χ3n) is 5.63. The number of aliphatic hydroxyl groups is 2. The maximum absolute atomic E-state index is 12.6. The van der Waals surface area contributed by atoms with Gasteiger partial charge in [-0.25, -0.2) is 0 Å². The van der Waals surface area contributed by atoms with Gasteiger partial charge >= 0.3 is 0 Å². The summed E-state index contributed by atoms with van der Waals surface area (Å²) in [6.07, 6.45) is 1.07. The SMILES string of the molecule is COc1ccc(OC)c(CCNC2CC(C(=O)NCCO)=CC(Oc3ccccc3I)C2O)c1. The van der Waals surface area contributed by atoms with Gasteiger partial charge in [-0.3, -0.25) is 4.79 Å². The van der Waals surface area contributed by atoms with Gasteiger partial charge in [0.2, 0.25) is 5.91 Å². The van der Waals surface area contributed by atoms with Crippen LogP contribution in [0.2, 0.25) is 0 Å². The van der Waals surface area contributed by atoms with Crippen molar-refractivity contribution in [2.24, 2.45) is 0 Å². The Morgan fingerprint density at radius 2 is 1.91 bits per heavy atom. The number of amides is 1. The van der Waals surface area contributed by atoms with Crippen LogP contribution in [-0.2, 0) is 11.2 Å². The topological polar surface area (TPSA) is 109 Å². The average Bonchev–Trinajstić information content (AvgIpc) is 2.85. The fourth-order valence-electron chi connectivity index (χ4n) is 3.86. The van der Waals surface area contributed by atoms with Crippen LogP contribution in [0.3, 0.4) is 0 Å². The first-order valence-electron chi connectivity index (χ1n) is 11.1. The van der Waals surface area contributed by atoms with Crippen LogP contribution in [0.5, 0.6) is 17.2 Å². The highest BCUT2D eigenvalue weighted by atomic mass is 127. The van der Waals surface area contributed by atoms with Crippen molar-refractivity contribution in [3.8, 4) is 17.2 Å². The van der Waals surface area contributed by atoms with Gasteiger partial charge in [0.25, 0.3) is 0 Å². The minimum absolute atomic E-state index is 0.145. The molecule has 2 aromatic rings. The Bertz CT molecular complexity index is 999. The summed E-state index contributed by atoms with van der Waals surface area (Å²) in [7, 11) is 3.24. The second-order valence-corrected chi connectivity index (χ2v) is 9.03. The number of carbonyl (C=O) groups excluding carboxylic acids is 1. The van der Waals surface area contributed by atoms with Crippen molar-refractivity contribution in [2.75, 3.05) is 33.9 Å². The lowest BCUT2D eigenvalue weighted by Gasteiger charge is -2.34. The normalized spacial score (nSPS) is 19.8. The van der Waals surface area contributed by atoms with Crippen LogP contribution in [0.25, 0.3) is 0 Å². The number of benzene rings is 2. The summed E-state index contributed by atoms with van der Waals surface area (Å²) in [5.41, 5.74) is 1.48. The van der Waals surface area contributed by atoms with E-state index in [1.165, 1.54) is 0 Å². The zero-order valence-electron chi connectivity index (χ0n) is 19.3. The van der Waals surface area contributed by atoms with Gasteiger partial charge in [-0.15, -0.1) is 0 Å². The van der Waals surface area contributed by atoms with Gasteiger partial charge in [0.15, 0.2) is 0 Å². The molecule has 0 bridgehead atoms. The summed E-state index contributed by atoms with van der Waals surface area (Å²) < 4.78 is 17.8. The van der Waals surface area contributed by atoms with E-state index in [1.54, 1.807) is 20.3 Å². The molecule has 3 unspecified atom stereocenters. The fraction of sp³-hybridized carbons (Fsp3) is 0.400. The van der Waals surface area contributed by atoms with Crippen LogP contribution in [0.4, 0.5) is 0 Å². The molecule has 3 atom stereocenters. The molecule has 1 amide bonds. The molecule has 1 aliphatic carbocycles. The van der Waals surface area contributed by atoms with Crippen LogP contribution in [-0.4, -0.2) is 68.3 Å². The van der Waals surface area contributed by atoms with E-state index in [2.05, 4.69) is 33.2 Å². The second-order valence-electron chi connectivity index (χ2n) is 7.87. The minimum Gasteiger partial charge on any atom is -0.497 e. The number of para-hydroxylation sites is 1. The molecule has 0 aromatic heterocycles. The molecule has 8 nitrogen and oxygen atoms in total. The first kappa shape index (κ1) is 26.3. The van der Waals surface area contributed by atoms with E-state index in [0.717, 1.165) is 20.6 Å². The Labute approximate surface area is 213 Å². The number of methoxy groups -OCH3 is 2. The largest absolute Gasteiger partial charge is 0.497 e. The summed E-state index contributed by atoms with van der Waals surface area (Å²) >= 11 is 2.18. The quantitative estimate of drug-likeness (QED) is 0.301. The molecule has 0 saturated heterocycles. The van der Waals surface area contributed by atoms with Gasteiger partial charge in [-0.2, -0.15) is 0 Å². The van der Waals surface area contributed by atoms with E-state index in [0.29, 0.717) is 30.7 Å². The summed E-state index contributed by atoms with van der Waals surface area (Å²) in [4.78, 5) is 12.6. The Hall–Kier alpha value is -2.34. The van der Waals surface area contributed by atoms with Crippen molar-refractivity contribution >= 4 is 28.5 Å². The van der Waals surface area contributed by atoms with E-state index >= 15 is 0 Å². The Kier molecular flexibility index (Phi) is 10.00. The zero-order valence-corrected chi connectivity index (χ0v) is 21.4. The summed E-state index contributed by atoms with van der Waals surface area (Å²) in [5.74, 6) is 1.86. The molecule has 0 fully saturated rings. The van der Waals surface area contributed by atoms with Crippen LogP contribution < -0.4 is 24.8 Å². The van der Waals surface area contributed by atoms with Gasteiger partial charge in [-0.1, -0.05) is 12.1 Å². The predicted octanol–water partition coefficient (Wildman–Crippen LogP) is 2.06. The molecule has 0 spiro atoms. The number of ether oxygens (including phenoxy) is 3. The number of carbonyl (C=O) groups is 1. The van der Waals surface area contributed by atoms with Crippen molar-refractivity contribution in [1.29, 1.82) is 0 Å². The maximum Gasteiger partial charge on any atom is 0.247 e. The standard InChI is InChI=1S/C25H31IN2O6/c1-32-18-7-8-21(33-2)16(13-18)9-10-27-20-14-17(25(31)28-11-12-29)15-23(24(20)30)34-22-6-4-3-5-19(22)26/h3-8,13,15,20,23-24,27,29-30H,9-12,14H2,1-2H3,(H,28,31). The third kappa shape index (κ3) is 6.84. The third-order valence-corrected chi connectivity index (χ3v) is 6.52. The molecule has 0 radical (unpaired) electrons. The lowest BCUT2D eigenvalue weighted by molar-refractivity contribution is -0.118. The van der Waals surface area contributed by atoms with Crippen molar-refractivity contribution in [1.82, 2.24) is 10.6 Å². The highest BCUT2D eigenvalue weighted by Crippen LogP contribution is 2.28. The van der Waals surface area contributed by atoms with Crippen LogP contribution >= 0.6 is 22.6 Å².